The fourth-order valence-electron chi connectivity index (χ4n) is 2.52. The van der Waals surface area contributed by atoms with Crippen LogP contribution in [-0.4, -0.2) is 42.1 Å². The summed E-state index contributed by atoms with van der Waals surface area (Å²) in [5.41, 5.74) is 4.20. The number of aromatic nitrogens is 2. The zero-order valence-electron chi connectivity index (χ0n) is 15.5. The van der Waals surface area contributed by atoms with Gasteiger partial charge in [-0.15, -0.1) is 0 Å². The van der Waals surface area contributed by atoms with Crippen molar-refractivity contribution < 1.29 is 0 Å². The molecule has 2 N–H and O–H groups in total. The van der Waals surface area contributed by atoms with E-state index in [9.17, 15) is 0 Å². The standard InChI is InChI=1S/C21H25N5/c1-16-9-11-18(12-10-16)23-20-15-19(17-7-5-4-6-8-17)24-21(25-20)22-13-14-26(2)3/h4-12,15H,13-14H2,1-3H3,(H2,22,23,24,25). The first kappa shape index (κ1) is 17.9. The summed E-state index contributed by atoms with van der Waals surface area (Å²) in [5, 5.41) is 6.70. The molecule has 0 unspecified atom stereocenters. The van der Waals surface area contributed by atoms with Gasteiger partial charge in [-0.3, -0.25) is 0 Å². The van der Waals surface area contributed by atoms with Crippen molar-refractivity contribution in [3.8, 4) is 11.3 Å². The Hall–Kier alpha value is -2.92. The van der Waals surface area contributed by atoms with Gasteiger partial charge in [0.1, 0.15) is 5.82 Å². The minimum atomic E-state index is 0.628. The molecule has 3 rings (SSSR count). The Bertz CT molecular complexity index is 829. The number of hydrogen-bond acceptors (Lipinski definition) is 5. The van der Waals surface area contributed by atoms with Crippen LogP contribution in [0.5, 0.6) is 0 Å². The van der Waals surface area contributed by atoms with Crippen molar-refractivity contribution >= 4 is 17.5 Å². The maximum Gasteiger partial charge on any atom is 0.225 e. The van der Waals surface area contributed by atoms with Crippen LogP contribution >= 0.6 is 0 Å². The third kappa shape index (κ3) is 5.04. The molecule has 0 saturated carbocycles. The van der Waals surface area contributed by atoms with Crippen molar-refractivity contribution in [2.75, 3.05) is 37.8 Å². The van der Waals surface area contributed by atoms with Crippen LogP contribution in [0.2, 0.25) is 0 Å². The van der Waals surface area contributed by atoms with Crippen LogP contribution in [0.3, 0.4) is 0 Å². The van der Waals surface area contributed by atoms with Crippen molar-refractivity contribution in [2.45, 2.75) is 6.92 Å². The third-order valence-corrected chi connectivity index (χ3v) is 3.96. The van der Waals surface area contributed by atoms with E-state index in [4.69, 9.17) is 0 Å². The maximum atomic E-state index is 4.68. The number of rotatable bonds is 7. The number of anilines is 3. The smallest absolute Gasteiger partial charge is 0.225 e. The Kier molecular flexibility index (Phi) is 5.81. The van der Waals surface area contributed by atoms with Gasteiger partial charge in [0.2, 0.25) is 5.95 Å². The van der Waals surface area contributed by atoms with E-state index in [0.717, 1.165) is 35.9 Å². The largest absolute Gasteiger partial charge is 0.353 e. The second kappa shape index (κ2) is 8.45. The van der Waals surface area contributed by atoms with Gasteiger partial charge in [-0.25, -0.2) is 4.98 Å². The molecule has 3 aromatic rings. The highest BCUT2D eigenvalue weighted by molar-refractivity contribution is 5.67. The summed E-state index contributed by atoms with van der Waals surface area (Å²) in [5.74, 6) is 1.40. The number of nitrogens with one attached hydrogen (secondary N) is 2. The van der Waals surface area contributed by atoms with E-state index in [1.54, 1.807) is 0 Å². The minimum Gasteiger partial charge on any atom is -0.353 e. The van der Waals surface area contributed by atoms with Gasteiger partial charge >= 0.3 is 0 Å². The van der Waals surface area contributed by atoms with Gasteiger partial charge < -0.3 is 15.5 Å². The third-order valence-electron chi connectivity index (χ3n) is 3.96. The molecule has 0 fully saturated rings. The van der Waals surface area contributed by atoms with Gasteiger partial charge in [-0.1, -0.05) is 48.0 Å². The molecule has 1 heterocycles. The molecule has 0 spiro atoms. The fourth-order valence-corrected chi connectivity index (χ4v) is 2.52. The summed E-state index contributed by atoms with van der Waals surface area (Å²) >= 11 is 0. The van der Waals surface area contributed by atoms with Crippen LogP contribution in [0.4, 0.5) is 17.5 Å². The lowest BCUT2D eigenvalue weighted by molar-refractivity contribution is 0.425. The number of benzene rings is 2. The molecule has 0 amide bonds. The lowest BCUT2D eigenvalue weighted by atomic mass is 10.1. The first-order valence-electron chi connectivity index (χ1n) is 8.77. The predicted molar refractivity (Wildman–Crippen MR) is 109 cm³/mol. The lowest BCUT2D eigenvalue weighted by Gasteiger charge is -2.13. The van der Waals surface area contributed by atoms with Gasteiger partial charge in [-0.2, -0.15) is 4.98 Å². The van der Waals surface area contributed by atoms with E-state index in [-0.39, 0.29) is 0 Å². The van der Waals surface area contributed by atoms with Crippen molar-refractivity contribution in [1.29, 1.82) is 0 Å². The summed E-state index contributed by atoms with van der Waals surface area (Å²) in [6.45, 7) is 3.78. The highest BCUT2D eigenvalue weighted by Crippen LogP contribution is 2.23. The van der Waals surface area contributed by atoms with Crippen LogP contribution in [0.15, 0.2) is 60.7 Å². The van der Waals surface area contributed by atoms with E-state index >= 15 is 0 Å². The Morgan fingerprint density at radius 2 is 1.65 bits per heavy atom. The molecule has 5 nitrogen and oxygen atoms in total. The fraction of sp³-hybridized carbons (Fsp3) is 0.238. The molecule has 0 atom stereocenters. The zero-order valence-corrected chi connectivity index (χ0v) is 15.5. The summed E-state index contributed by atoms with van der Waals surface area (Å²) < 4.78 is 0. The molecule has 26 heavy (non-hydrogen) atoms. The Balaban J connectivity index is 1.87. The minimum absolute atomic E-state index is 0.628. The average molecular weight is 347 g/mol. The second-order valence-electron chi connectivity index (χ2n) is 6.55. The van der Waals surface area contributed by atoms with E-state index < -0.39 is 0 Å². The molecule has 0 saturated heterocycles. The molecule has 0 aliphatic heterocycles. The van der Waals surface area contributed by atoms with Crippen LogP contribution in [0.25, 0.3) is 11.3 Å². The van der Waals surface area contributed by atoms with Crippen molar-refractivity contribution in [2.24, 2.45) is 0 Å². The summed E-state index contributed by atoms with van der Waals surface area (Å²) in [4.78, 5) is 11.4. The number of aryl methyl sites for hydroxylation is 1. The van der Waals surface area contributed by atoms with Crippen molar-refractivity contribution in [3.63, 3.8) is 0 Å². The first-order chi connectivity index (χ1) is 12.6. The normalized spacial score (nSPS) is 10.8. The Labute approximate surface area is 155 Å². The van der Waals surface area contributed by atoms with Gasteiger partial charge in [0, 0.05) is 30.4 Å². The van der Waals surface area contributed by atoms with Crippen molar-refractivity contribution in [3.05, 3.63) is 66.2 Å². The molecule has 2 aromatic carbocycles. The Morgan fingerprint density at radius 3 is 2.35 bits per heavy atom. The van der Waals surface area contributed by atoms with Crippen LogP contribution in [0.1, 0.15) is 5.56 Å². The molecule has 0 bridgehead atoms. The van der Waals surface area contributed by atoms with Crippen LogP contribution < -0.4 is 10.6 Å². The number of likely N-dealkylation sites (N-methyl/N-ethyl adjacent to an activating group) is 1. The number of hydrogen-bond donors (Lipinski definition) is 2. The summed E-state index contributed by atoms with van der Waals surface area (Å²) in [6.07, 6.45) is 0. The highest BCUT2D eigenvalue weighted by atomic mass is 15.2. The molecule has 1 aromatic heterocycles. The van der Waals surface area contributed by atoms with E-state index in [0.29, 0.717) is 5.95 Å². The number of nitrogens with zero attached hydrogens (tertiary/aromatic N) is 3. The quantitative estimate of drug-likeness (QED) is 0.672. The lowest BCUT2D eigenvalue weighted by Crippen LogP contribution is -2.21. The van der Waals surface area contributed by atoms with Crippen molar-refractivity contribution in [1.82, 2.24) is 14.9 Å². The van der Waals surface area contributed by atoms with E-state index in [1.165, 1.54) is 5.56 Å². The molecular weight excluding hydrogens is 322 g/mol. The Morgan fingerprint density at radius 1 is 0.923 bits per heavy atom. The molecule has 0 aliphatic rings. The van der Waals surface area contributed by atoms with Gasteiger partial charge in [0.05, 0.1) is 5.69 Å². The van der Waals surface area contributed by atoms with Crippen LogP contribution in [-0.2, 0) is 0 Å². The molecule has 0 radical (unpaired) electrons. The summed E-state index contributed by atoms with van der Waals surface area (Å²) in [7, 11) is 4.10. The van der Waals surface area contributed by atoms with Gasteiger partial charge in [0.15, 0.2) is 0 Å². The van der Waals surface area contributed by atoms with E-state index in [2.05, 4.69) is 68.8 Å². The molecule has 134 valence electrons. The SMILES string of the molecule is Cc1ccc(Nc2cc(-c3ccccc3)nc(NCCN(C)C)n2)cc1. The molecule has 0 aliphatic carbocycles. The van der Waals surface area contributed by atoms with E-state index in [1.807, 2.05) is 38.4 Å². The predicted octanol–water partition coefficient (Wildman–Crippen LogP) is 4.17. The zero-order chi connectivity index (χ0) is 18.4. The highest BCUT2D eigenvalue weighted by Gasteiger charge is 2.07. The van der Waals surface area contributed by atoms with Gasteiger partial charge in [0.25, 0.3) is 0 Å². The monoisotopic (exact) mass is 347 g/mol. The first-order valence-corrected chi connectivity index (χ1v) is 8.77. The molecule has 5 heteroatoms. The topological polar surface area (TPSA) is 53.1 Å². The second-order valence-corrected chi connectivity index (χ2v) is 6.55. The van der Waals surface area contributed by atoms with Crippen LogP contribution in [0, 0.1) is 6.92 Å². The average Bonchev–Trinajstić information content (AvgIpc) is 2.64. The summed E-state index contributed by atoms with van der Waals surface area (Å²) in [6, 6.07) is 20.4. The van der Waals surface area contributed by atoms with Gasteiger partial charge in [-0.05, 0) is 33.2 Å². The molecular formula is C21H25N5. The maximum absolute atomic E-state index is 4.68.